The van der Waals surface area contributed by atoms with Crippen LogP contribution in [0, 0.1) is 6.92 Å². The van der Waals surface area contributed by atoms with Gasteiger partial charge in [-0.15, -0.1) is 0 Å². The minimum Gasteiger partial charge on any atom is -0.466 e. The maximum absolute atomic E-state index is 13.0. The molecule has 0 saturated heterocycles. The number of carbonyl (C=O) groups is 2. The first kappa shape index (κ1) is 18.7. The number of rotatable bonds is 4. The highest BCUT2D eigenvalue weighted by Crippen LogP contribution is 2.35. The van der Waals surface area contributed by atoms with E-state index >= 15 is 0 Å². The van der Waals surface area contributed by atoms with E-state index in [0.29, 0.717) is 17.3 Å². The smallest absolute Gasteiger partial charge is 0.279 e. The van der Waals surface area contributed by atoms with E-state index in [2.05, 4.69) is 15.7 Å². The van der Waals surface area contributed by atoms with Crippen LogP contribution in [-0.4, -0.2) is 27.2 Å². The quantitative estimate of drug-likeness (QED) is 0.668. The van der Waals surface area contributed by atoms with Crippen molar-refractivity contribution in [2.45, 2.75) is 32.4 Å². The summed E-state index contributed by atoms with van der Waals surface area (Å²) >= 11 is 0. The van der Waals surface area contributed by atoms with Gasteiger partial charge in [-0.3, -0.25) is 9.59 Å². The van der Waals surface area contributed by atoms with Crippen molar-refractivity contribution in [3.05, 3.63) is 71.9 Å². The highest BCUT2D eigenvalue weighted by molar-refractivity contribution is 6.18. The average molecular weight is 390 g/mol. The first-order valence-electron chi connectivity index (χ1n) is 9.39. The third-order valence-electron chi connectivity index (χ3n) is 5.12. The van der Waals surface area contributed by atoms with Crippen LogP contribution in [0.3, 0.4) is 0 Å². The molecule has 1 aliphatic rings. The van der Waals surface area contributed by atoms with Crippen molar-refractivity contribution in [3.8, 4) is 5.75 Å². The molecule has 3 aromatic rings. The summed E-state index contributed by atoms with van der Waals surface area (Å²) < 4.78 is 7.53. The Bertz CT molecular complexity index is 1080. The van der Waals surface area contributed by atoms with Gasteiger partial charge in [-0.1, -0.05) is 36.4 Å². The largest absolute Gasteiger partial charge is 0.466 e. The summed E-state index contributed by atoms with van der Waals surface area (Å²) in [5.74, 6) is -0.142. The topological polar surface area (TPSA) is 85.3 Å². The van der Waals surface area contributed by atoms with Crippen LogP contribution in [0.4, 0.5) is 11.5 Å². The van der Waals surface area contributed by atoms with E-state index in [1.165, 1.54) is 6.92 Å². The number of ether oxygens (including phenoxy) is 1. The van der Waals surface area contributed by atoms with Crippen LogP contribution in [-0.2, 0) is 9.59 Å². The number of nitrogens with zero attached hydrogens (tertiary/aromatic N) is 2. The molecule has 7 nitrogen and oxygen atoms in total. The Kier molecular flexibility index (Phi) is 4.58. The van der Waals surface area contributed by atoms with Gasteiger partial charge in [0.1, 0.15) is 11.6 Å². The molecule has 1 aliphatic heterocycles. The summed E-state index contributed by atoms with van der Waals surface area (Å²) in [5.41, 5.74) is 0.893. The summed E-state index contributed by atoms with van der Waals surface area (Å²) in [5, 5.41) is 9.91. The number of hydrogen-bond acceptors (Lipinski definition) is 4. The minimum atomic E-state index is -1.70. The maximum Gasteiger partial charge on any atom is 0.279 e. The Morgan fingerprint density at radius 1 is 1.21 bits per heavy atom. The molecule has 0 spiro atoms. The van der Waals surface area contributed by atoms with Gasteiger partial charge >= 0.3 is 0 Å². The maximum atomic E-state index is 13.0. The van der Waals surface area contributed by atoms with Crippen molar-refractivity contribution in [1.82, 2.24) is 9.78 Å². The Hall–Kier alpha value is -3.61. The van der Waals surface area contributed by atoms with Crippen LogP contribution in [0.1, 0.15) is 31.0 Å². The number of fused-ring (bicyclic) bond motifs is 1. The molecule has 1 aromatic heterocycles. The molecule has 2 heterocycles. The number of benzene rings is 2. The zero-order valence-electron chi connectivity index (χ0n) is 16.5. The number of anilines is 2. The Morgan fingerprint density at radius 3 is 2.72 bits per heavy atom. The number of aryl methyl sites for hydroxylation is 1. The van der Waals surface area contributed by atoms with Crippen molar-refractivity contribution in [2.75, 3.05) is 10.6 Å². The molecule has 0 radical (unpaired) electrons. The van der Waals surface area contributed by atoms with Crippen LogP contribution >= 0.6 is 0 Å². The third kappa shape index (κ3) is 3.35. The molecule has 7 heteroatoms. The number of aromatic nitrogens is 2. The van der Waals surface area contributed by atoms with Gasteiger partial charge in [0.15, 0.2) is 0 Å². The molecule has 0 saturated carbocycles. The Balaban J connectivity index is 1.58. The lowest BCUT2D eigenvalue weighted by Crippen LogP contribution is -2.56. The molecule has 2 amide bonds. The van der Waals surface area contributed by atoms with Gasteiger partial charge in [-0.25, -0.2) is 4.68 Å². The Labute approximate surface area is 168 Å². The van der Waals surface area contributed by atoms with Gasteiger partial charge in [0, 0.05) is 6.07 Å². The molecule has 2 unspecified atom stereocenters. The zero-order chi connectivity index (χ0) is 20.6. The predicted octanol–water partition coefficient (Wildman–Crippen LogP) is 3.53. The van der Waals surface area contributed by atoms with Crippen LogP contribution in [0.5, 0.6) is 5.75 Å². The SMILES string of the molecule is Cc1ccc2c(c1)NC(=O)C(C)(C(=O)Nc1ccnn1C(C)c1ccccc1)O2. The lowest BCUT2D eigenvalue weighted by atomic mass is 10.0. The van der Waals surface area contributed by atoms with Gasteiger partial charge < -0.3 is 15.4 Å². The highest BCUT2D eigenvalue weighted by Gasteiger charge is 2.47. The zero-order valence-corrected chi connectivity index (χ0v) is 16.5. The fourth-order valence-electron chi connectivity index (χ4n) is 3.32. The van der Waals surface area contributed by atoms with Crippen molar-refractivity contribution < 1.29 is 14.3 Å². The summed E-state index contributed by atoms with van der Waals surface area (Å²) in [6.45, 7) is 5.37. The molecular weight excluding hydrogens is 368 g/mol. The molecule has 29 heavy (non-hydrogen) atoms. The number of nitrogens with one attached hydrogen (secondary N) is 2. The van der Waals surface area contributed by atoms with E-state index in [4.69, 9.17) is 4.74 Å². The number of amides is 2. The second-order valence-electron chi connectivity index (χ2n) is 7.29. The molecular formula is C22H22N4O3. The van der Waals surface area contributed by atoms with Gasteiger partial charge in [0.2, 0.25) is 0 Å². The number of carbonyl (C=O) groups excluding carboxylic acids is 2. The van der Waals surface area contributed by atoms with Gasteiger partial charge in [0.05, 0.1) is 17.9 Å². The van der Waals surface area contributed by atoms with Crippen LogP contribution in [0.15, 0.2) is 60.8 Å². The molecule has 4 rings (SSSR count). The van der Waals surface area contributed by atoms with Gasteiger partial charge in [-0.05, 0) is 44.0 Å². The molecule has 148 valence electrons. The van der Waals surface area contributed by atoms with Crippen LogP contribution < -0.4 is 15.4 Å². The summed E-state index contributed by atoms with van der Waals surface area (Å²) in [6, 6.07) is 16.9. The monoisotopic (exact) mass is 390 g/mol. The standard InChI is InChI=1S/C22H22N4O3/c1-14-9-10-18-17(13-14)24-20(27)22(3,29-18)21(28)25-19-11-12-23-26(19)15(2)16-7-5-4-6-8-16/h4-13,15H,1-3H3,(H,24,27)(H,25,28). The highest BCUT2D eigenvalue weighted by atomic mass is 16.5. The van der Waals surface area contributed by atoms with Gasteiger partial charge in [0.25, 0.3) is 17.4 Å². The minimum absolute atomic E-state index is 0.0980. The third-order valence-corrected chi connectivity index (χ3v) is 5.12. The molecule has 2 atom stereocenters. The second-order valence-corrected chi connectivity index (χ2v) is 7.29. The molecule has 0 fully saturated rings. The van der Waals surface area contributed by atoms with Crippen LogP contribution in [0.25, 0.3) is 0 Å². The van der Waals surface area contributed by atoms with E-state index in [9.17, 15) is 9.59 Å². The summed E-state index contributed by atoms with van der Waals surface area (Å²) in [6.07, 6.45) is 1.61. The molecule has 2 N–H and O–H groups in total. The number of hydrogen-bond donors (Lipinski definition) is 2. The normalized spacial score (nSPS) is 18.9. The summed E-state index contributed by atoms with van der Waals surface area (Å²) in [7, 11) is 0. The predicted molar refractivity (Wildman–Crippen MR) is 110 cm³/mol. The molecule has 0 bridgehead atoms. The van der Waals surface area contributed by atoms with Crippen LogP contribution in [0.2, 0.25) is 0 Å². The van der Waals surface area contributed by atoms with Crippen molar-refractivity contribution in [2.24, 2.45) is 0 Å². The van der Waals surface area contributed by atoms with E-state index in [1.54, 1.807) is 29.1 Å². The second kappa shape index (κ2) is 7.09. The van der Waals surface area contributed by atoms with Crippen molar-refractivity contribution >= 4 is 23.3 Å². The average Bonchev–Trinajstić information content (AvgIpc) is 3.17. The Morgan fingerprint density at radius 2 is 1.97 bits per heavy atom. The van der Waals surface area contributed by atoms with E-state index < -0.39 is 17.4 Å². The molecule has 0 aliphatic carbocycles. The lowest BCUT2D eigenvalue weighted by Gasteiger charge is -2.33. The fraction of sp³-hybridized carbons (Fsp3) is 0.227. The van der Waals surface area contributed by atoms with Crippen molar-refractivity contribution in [3.63, 3.8) is 0 Å². The van der Waals surface area contributed by atoms with Gasteiger partial charge in [-0.2, -0.15) is 5.10 Å². The lowest BCUT2D eigenvalue weighted by molar-refractivity contribution is -0.143. The summed E-state index contributed by atoms with van der Waals surface area (Å²) in [4.78, 5) is 25.7. The van der Waals surface area contributed by atoms with E-state index in [0.717, 1.165) is 11.1 Å². The van der Waals surface area contributed by atoms with E-state index in [1.807, 2.05) is 50.2 Å². The molecule has 2 aromatic carbocycles. The first-order valence-corrected chi connectivity index (χ1v) is 9.39. The van der Waals surface area contributed by atoms with E-state index in [-0.39, 0.29) is 6.04 Å². The first-order chi connectivity index (χ1) is 13.9. The van der Waals surface area contributed by atoms with Crippen molar-refractivity contribution in [1.29, 1.82) is 0 Å². The fourth-order valence-corrected chi connectivity index (χ4v) is 3.32.